The van der Waals surface area contributed by atoms with Crippen molar-refractivity contribution in [2.45, 2.75) is 24.3 Å². The van der Waals surface area contributed by atoms with Gasteiger partial charge in [0.05, 0.1) is 21.1 Å². The zero-order valence-corrected chi connectivity index (χ0v) is 16.6. The third-order valence-corrected chi connectivity index (χ3v) is 5.23. The molecule has 0 unspecified atom stereocenters. The van der Waals surface area contributed by atoms with Crippen LogP contribution in [0.4, 0.5) is 10.1 Å². The first-order valence-corrected chi connectivity index (χ1v) is 9.35. The monoisotopic (exact) mass is 425 g/mol. The average molecular weight is 426 g/mol. The van der Waals surface area contributed by atoms with Gasteiger partial charge in [-0.05, 0) is 43.7 Å². The molecule has 0 radical (unpaired) electrons. The maximum Gasteiger partial charge on any atom is 0.283 e. The standard InChI is InChI=1S/C18H17ClFN3O4S/c1-18(2,12-5-4-11(20)8-13(12)19)22-16(24)9-28-15-6-3-10(17(21)25)7-14(15)23(26)27/h3-8H,9H2,1-2H3,(H2,21,25)(H,22,24). The van der Waals surface area contributed by atoms with Gasteiger partial charge in [0.2, 0.25) is 11.8 Å². The van der Waals surface area contributed by atoms with Gasteiger partial charge in [0.1, 0.15) is 5.82 Å². The van der Waals surface area contributed by atoms with Gasteiger partial charge < -0.3 is 11.1 Å². The molecule has 0 aliphatic rings. The number of primary amides is 1. The number of nitrogens with one attached hydrogen (secondary N) is 1. The largest absolute Gasteiger partial charge is 0.366 e. The smallest absolute Gasteiger partial charge is 0.283 e. The number of hydrogen-bond donors (Lipinski definition) is 2. The predicted molar refractivity (Wildman–Crippen MR) is 105 cm³/mol. The molecule has 2 aromatic carbocycles. The Morgan fingerprint density at radius 3 is 2.54 bits per heavy atom. The van der Waals surface area contributed by atoms with Gasteiger partial charge in [-0.2, -0.15) is 0 Å². The Balaban J connectivity index is 2.11. The van der Waals surface area contributed by atoms with Crippen LogP contribution < -0.4 is 11.1 Å². The van der Waals surface area contributed by atoms with Crippen molar-refractivity contribution < 1.29 is 18.9 Å². The number of hydrogen-bond acceptors (Lipinski definition) is 5. The van der Waals surface area contributed by atoms with E-state index in [9.17, 15) is 24.1 Å². The molecule has 0 aromatic heterocycles. The molecule has 2 amide bonds. The molecule has 0 saturated heterocycles. The zero-order chi connectivity index (χ0) is 21.1. The van der Waals surface area contributed by atoms with Gasteiger partial charge in [0, 0.05) is 16.7 Å². The van der Waals surface area contributed by atoms with E-state index in [1.165, 1.54) is 24.3 Å². The Bertz CT molecular complexity index is 952. The topological polar surface area (TPSA) is 115 Å². The third-order valence-electron chi connectivity index (χ3n) is 3.86. The lowest BCUT2D eigenvalue weighted by Gasteiger charge is -2.28. The third kappa shape index (κ3) is 5.20. The molecule has 7 nitrogen and oxygen atoms in total. The molecule has 0 spiro atoms. The summed E-state index contributed by atoms with van der Waals surface area (Å²) in [5, 5.41) is 14.2. The van der Waals surface area contributed by atoms with E-state index < -0.39 is 28.1 Å². The lowest BCUT2D eigenvalue weighted by atomic mass is 9.94. The number of nitro benzene ring substituents is 1. The highest BCUT2D eigenvalue weighted by molar-refractivity contribution is 8.00. The lowest BCUT2D eigenvalue weighted by Crippen LogP contribution is -2.42. The first-order valence-electron chi connectivity index (χ1n) is 7.99. The van der Waals surface area contributed by atoms with Crippen molar-refractivity contribution in [1.29, 1.82) is 0 Å². The molecule has 0 aliphatic heterocycles. The Hall–Kier alpha value is -2.65. The molecular formula is C18H17ClFN3O4S. The van der Waals surface area contributed by atoms with Crippen LogP contribution in [0.2, 0.25) is 5.02 Å². The second kappa shape index (κ2) is 8.57. The molecule has 0 heterocycles. The van der Waals surface area contributed by atoms with Crippen molar-refractivity contribution in [3.05, 3.63) is 68.5 Å². The van der Waals surface area contributed by atoms with Crippen LogP contribution in [0, 0.1) is 15.9 Å². The summed E-state index contributed by atoms with van der Waals surface area (Å²) in [4.78, 5) is 34.3. The first kappa shape index (κ1) is 21.6. The minimum absolute atomic E-state index is 0.00702. The van der Waals surface area contributed by atoms with Gasteiger partial charge >= 0.3 is 0 Å². The van der Waals surface area contributed by atoms with Crippen LogP contribution in [0.3, 0.4) is 0 Å². The molecule has 28 heavy (non-hydrogen) atoms. The number of nitrogens with two attached hydrogens (primary N) is 1. The van der Waals surface area contributed by atoms with Gasteiger partial charge in [0.15, 0.2) is 0 Å². The Morgan fingerprint density at radius 2 is 1.96 bits per heavy atom. The van der Waals surface area contributed by atoms with Crippen LogP contribution in [0.5, 0.6) is 0 Å². The summed E-state index contributed by atoms with van der Waals surface area (Å²) in [6.45, 7) is 3.41. The van der Waals surface area contributed by atoms with Crippen LogP contribution >= 0.6 is 23.4 Å². The molecule has 10 heteroatoms. The fourth-order valence-corrected chi connectivity index (χ4v) is 3.73. The summed E-state index contributed by atoms with van der Waals surface area (Å²) < 4.78 is 13.2. The summed E-state index contributed by atoms with van der Waals surface area (Å²) in [6.07, 6.45) is 0. The molecule has 2 aromatic rings. The van der Waals surface area contributed by atoms with E-state index in [0.29, 0.717) is 5.56 Å². The van der Waals surface area contributed by atoms with E-state index in [0.717, 1.165) is 23.9 Å². The van der Waals surface area contributed by atoms with Crippen LogP contribution in [-0.2, 0) is 10.3 Å². The lowest BCUT2D eigenvalue weighted by molar-refractivity contribution is -0.387. The molecule has 0 aliphatic carbocycles. The normalized spacial score (nSPS) is 11.1. The fourth-order valence-electron chi connectivity index (χ4n) is 2.53. The van der Waals surface area contributed by atoms with E-state index in [4.69, 9.17) is 17.3 Å². The van der Waals surface area contributed by atoms with E-state index in [1.54, 1.807) is 13.8 Å². The minimum Gasteiger partial charge on any atom is -0.366 e. The molecule has 0 saturated carbocycles. The molecule has 0 atom stereocenters. The van der Waals surface area contributed by atoms with Crippen molar-refractivity contribution in [3.63, 3.8) is 0 Å². The summed E-state index contributed by atoms with van der Waals surface area (Å²) in [5.41, 5.74) is 4.48. The number of nitrogens with zero attached hydrogens (tertiary/aromatic N) is 1. The van der Waals surface area contributed by atoms with Crippen molar-refractivity contribution in [2.24, 2.45) is 5.73 Å². The highest BCUT2D eigenvalue weighted by atomic mass is 35.5. The van der Waals surface area contributed by atoms with Crippen molar-refractivity contribution in [1.82, 2.24) is 5.32 Å². The molecular weight excluding hydrogens is 409 g/mol. The number of rotatable bonds is 7. The predicted octanol–water partition coefficient (Wildman–Crippen LogP) is 3.63. The second-order valence-corrected chi connectivity index (χ2v) is 7.81. The summed E-state index contributed by atoms with van der Waals surface area (Å²) in [7, 11) is 0. The number of nitro groups is 1. The zero-order valence-electron chi connectivity index (χ0n) is 15.0. The van der Waals surface area contributed by atoms with E-state index in [1.807, 2.05) is 0 Å². The van der Waals surface area contributed by atoms with Crippen molar-refractivity contribution in [2.75, 3.05) is 5.75 Å². The minimum atomic E-state index is -0.885. The summed E-state index contributed by atoms with van der Waals surface area (Å²) in [5.74, 6) is -1.78. The van der Waals surface area contributed by atoms with Crippen molar-refractivity contribution in [3.8, 4) is 0 Å². The number of thioether (sulfide) groups is 1. The number of halogens is 2. The highest BCUT2D eigenvalue weighted by Gasteiger charge is 2.26. The van der Waals surface area contributed by atoms with Crippen molar-refractivity contribution >= 4 is 40.9 Å². The fraction of sp³-hybridized carbons (Fsp3) is 0.222. The van der Waals surface area contributed by atoms with Gasteiger partial charge in [-0.15, -0.1) is 11.8 Å². The Labute approximate surface area is 169 Å². The van der Waals surface area contributed by atoms with E-state index in [2.05, 4.69) is 5.32 Å². The van der Waals surface area contributed by atoms with Crippen LogP contribution in [0.1, 0.15) is 29.8 Å². The maximum absolute atomic E-state index is 13.2. The van der Waals surface area contributed by atoms with Gasteiger partial charge in [-0.3, -0.25) is 19.7 Å². The molecule has 0 bridgehead atoms. The molecule has 3 N–H and O–H groups in total. The van der Waals surface area contributed by atoms with E-state index >= 15 is 0 Å². The SMILES string of the molecule is CC(C)(NC(=O)CSc1ccc(C(N)=O)cc1[N+](=O)[O-])c1ccc(F)cc1Cl. The maximum atomic E-state index is 13.2. The van der Waals surface area contributed by atoms with Crippen LogP contribution in [0.15, 0.2) is 41.3 Å². The number of amides is 2. The van der Waals surface area contributed by atoms with Crippen LogP contribution in [0.25, 0.3) is 0 Å². The molecule has 2 rings (SSSR count). The average Bonchev–Trinajstić information content (AvgIpc) is 2.58. The molecule has 148 valence electrons. The number of carbonyl (C=O) groups is 2. The highest BCUT2D eigenvalue weighted by Crippen LogP contribution is 2.31. The summed E-state index contributed by atoms with van der Waals surface area (Å²) in [6, 6.07) is 7.69. The first-order chi connectivity index (χ1) is 13.0. The molecule has 0 fully saturated rings. The van der Waals surface area contributed by atoms with Gasteiger partial charge in [0.25, 0.3) is 5.69 Å². The Morgan fingerprint density at radius 1 is 1.29 bits per heavy atom. The van der Waals surface area contributed by atoms with Gasteiger partial charge in [-0.25, -0.2) is 4.39 Å². The quantitative estimate of drug-likeness (QED) is 0.399. The number of benzene rings is 2. The van der Waals surface area contributed by atoms with Gasteiger partial charge in [-0.1, -0.05) is 17.7 Å². The van der Waals surface area contributed by atoms with E-state index in [-0.39, 0.29) is 26.9 Å². The second-order valence-electron chi connectivity index (χ2n) is 6.39. The summed E-state index contributed by atoms with van der Waals surface area (Å²) >= 11 is 7.00. The van der Waals surface area contributed by atoms with Crippen LogP contribution in [-0.4, -0.2) is 22.5 Å². The number of carbonyl (C=O) groups excluding carboxylic acids is 2. The Kier molecular flexibility index (Phi) is 6.63.